The van der Waals surface area contributed by atoms with Crippen LogP contribution in [0.5, 0.6) is 0 Å². The number of nitrogens with two attached hydrogens (primary N) is 1. The lowest BCUT2D eigenvalue weighted by Crippen LogP contribution is -3.00. The Bertz CT molecular complexity index is 671. The van der Waals surface area contributed by atoms with E-state index in [-0.39, 0.29) is 18.4 Å². The summed E-state index contributed by atoms with van der Waals surface area (Å²) in [4.78, 5) is 24.3. The molecule has 0 aliphatic heterocycles. The second-order valence-corrected chi connectivity index (χ2v) is 9.35. The van der Waals surface area contributed by atoms with E-state index < -0.39 is 0 Å². The molecule has 4 fully saturated rings. The monoisotopic (exact) mass is 420 g/mol. The van der Waals surface area contributed by atoms with Crippen molar-refractivity contribution >= 4 is 33.4 Å². The maximum atomic E-state index is 12.2. The first-order valence-corrected chi connectivity index (χ1v) is 10.5. The zero-order valence-electron chi connectivity index (χ0n) is 15.0. The highest BCUT2D eigenvalue weighted by Gasteiger charge is 2.53. The Hall–Kier alpha value is -1.40. The van der Waals surface area contributed by atoms with Crippen LogP contribution in [-0.4, -0.2) is 30.4 Å². The second kappa shape index (κ2) is 7.31. The molecular weight excluding hydrogens is 394 g/mol. The number of hydrogen-bond acceptors (Lipinski definition) is 2. The number of carbonyl (C=O) groups is 2. The second-order valence-electron chi connectivity index (χ2n) is 8.49. The van der Waals surface area contributed by atoms with Crippen molar-refractivity contribution in [2.75, 3.05) is 18.4 Å². The minimum atomic E-state index is -0.208. The summed E-state index contributed by atoms with van der Waals surface area (Å²) in [7, 11) is 0. The van der Waals surface area contributed by atoms with Crippen LogP contribution in [0, 0.1) is 17.8 Å². The SMILES string of the molecule is O=C(C[NH2+]C12CC3CC(CC(C3)C1)C2)NCC(=O)Nc1ccccc1Br. The van der Waals surface area contributed by atoms with Crippen molar-refractivity contribution < 1.29 is 14.9 Å². The molecule has 4 saturated carbocycles. The average molecular weight is 421 g/mol. The van der Waals surface area contributed by atoms with Crippen molar-refractivity contribution in [1.82, 2.24) is 5.32 Å². The third-order valence-electron chi connectivity index (χ3n) is 6.40. The van der Waals surface area contributed by atoms with Crippen molar-refractivity contribution in [2.24, 2.45) is 17.8 Å². The Kier molecular flexibility index (Phi) is 5.06. The van der Waals surface area contributed by atoms with Crippen LogP contribution in [0.2, 0.25) is 0 Å². The summed E-state index contributed by atoms with van der Waals surface area (Å²) in [5.41, 5.74) is 1.01. The first kappa shape index (κ1) is 18.0. The molecule has 0 radical (unpaired) electrons. The lowest BCUT2D eigenvalue weighted by atomic mass is 9.53. The number of nitrogens with one attached hydrogen (secondary N) is 2. The van der Waals surface area contributed by atoms with Gasteiger partial charge in [-0.3, -0.25) is 9.59 Å². The molecule has 0 unspecified atom stereocenters. The van der Waals surface area contributed by atoms with Crippen molar-refractivity contribution in [3.05, 3.63) is 28.7 Å². The fourth-order valence-electron chi connectivity index (χ4n) is 5.74. The largest absolute Gasteiger partial charge is 0.342 e. The molecule has 1 aromatic rings. The molecule has 0 atom stereocenters. The minimum Gasteiger partial charge on any atom is -0.342 e. The Morgan fingerprint density at radius 2 is 1.65 bits per heavy atom. The lowest BCUT2D eigenvalue weighted by molar-refractivity contribution is -0.730. The van der Waals surface area contributed by atoms with E-state index in [0.29, 0.717) is 17.8 Å². The molecule has 6 heteroatoms. The molecular formula is C20H27BrN3O2+. The molecule has 0 saturated heterocycles. The van der Waals surface area contributed by atoms with Crippen LogP contribution in [0.25, 0.3) is 0 Å². The topological polar surface area (TPSA) is 74.8 Å². The summed E-state index contributed by atoms with van der Waals surface area (Å²) in [5.74, 6) is 2.39. The standard InChI is InChI=1S/C20H26BrN3O2/c21-16-3-1-2-4-17(16)24-19(26)11-22-18(25)12-23-20-8-13-5-14(9-20)7-15(6-13)10-20/h1-4,13-15,23H,5-12H2,(H,22,25)(H,24,26)/p+1. The molecule has 4 N–H and O–H groups in total. The number of halogens is 1. The molecule has 1 aromatic carbocycles. The number of carbonyl (C=O) groups excluding carboxylic acids is 2. The molecule has 4 bridgehead atoms. The van der Waals surface area contributed by atoms with E-state index in [9.17, 15) is 9.59 Å². The van der Waals surface area contributed by atoms with Gasteiger partial charge in [-0.25, -0.2) is 0 Å². The Balaban J connectivity index is 1.22. The highest BCUT2D eigenvalue weighted by Crippen LogP contribution is 2.54. The fraction of sp³-hybridized carbons (Fsp3) is 0.600. The van der Waals surface area contributed by atoms with Crippen molar-refractivity contribution in [2.45, 2.75) is 44.1 Å². The molecule has 140 valence electrons. The van der Waals surface area contributed by atoms with Crippen LogP contribution in [0.3, 0.4) is 0 Å². The summed E-state index contributed by atoms with van der Waals surface area (Å²) in [6.07, 6.45) is 8.05. The van der Waals surface area contributed by atoms with E-state index in [1.165, 1.54) is 38.5 Å². The van der Waals surface area contributed by atoms with Crippen LogP contribution in [0.1, 0.15) is 38.5 Å². The van der Waals surface area contributed by atoms with Gasteiger partial charge in [0.25, 0.3) is 5.91 Å². The van der Waals surface area contributed by atoms with E-state index in [4.69, 9.17) is 0 Å². The zero-order valence-corrected chi connectivity index (χ0v) is 16.6. The van der Waals surface area contributed by atoms with E-state index >= 15 is 0 Å². The summed E-state index contributed by atoms with van der Waals surface area (Å²) < 4.78 is 0.829. The smallest absolute Gasteiger partial charge is 0.275 e. The molecule has 26 heavy (non-hydrogen) atoms. The number of amides is 2. The van der Waals surface area contributed by atoms with E-state index in [0.717, 1.165) is 22.2 Å². The maximum absolute atomic E-state index is 12.2. The Labute approximate surface area is 162 Å². The number of benzene rings is 1. The molecule has 5 rings (SSSR count). The zero-order chi connectivity index (χ0) is 18.1. The number of rotatable bonds is 6. The fourth-order valence-corrected chi connectivity index (χ4v) is 6.13. The molecule has 0 aromatic heterocycles. The molecule has 2 amide bonds. The van der Waals surface area contributed by atoms with Crippen LogP contribution in [0.15, 0.2) is 28.7 Å². The Morgan fingerprint density at radius 3 is 2.27 bits per heavy atom. The van der Waals surface area contributed by atoms with E-state index in [1.54, 1.807) is 0 Å². The third-order valence-corrected chi connectivity index (χ3v) is 7.09. The predicted molar refractivity (Wildman–Crippen MR) is 103 cm³/mol. The average Bonchev–Trinajstić information content (AvgIpc) is 2.59. The van der Waals surface area contributed by atoms with Gasteiger partial charge in [0.1, 0.15) is 0 Å². The van der Waals surface area contributed by atoms with Crippen LogP contribution in [-0.2, 0) is 9.59 Å². The van der Waals surface area contributed by atoms with Gasteiger partial charge in [0.2, 0.25) is 5.91 Å². The van der Waals surface area contributed by atoms with Crippen LogP contribution < -0.4 is 16.0 Å². The number of hydrogen-bond donors (Lipinski definition) is 3. The summed E-state index contributed by atoms with van der Waals surface area (Å²) in [6, 6.07) is 7.44. The molecule has 0 spiro atoms. The molecule has 4 aliphatic rings. The molecule has 0 heterocycles. The van der Waals surface area contributed by atoms with Gasteiger partial charge in [-0.05, 0) is 65.1 Å². The van der Waals surface area contributed by atoms with E-state index in [2.05, 4.69) is 31.9 Å². The number of anilines is 1. The van der Waals surface area contributed by atoms with Crippen molar-refractivity contribution in [1.29, 1.82) is 0 Å². The predicted octanol–water partition coefficient (Wildman–Crippen LogP) is 2.04. The van der Waals surface area contributed by atoms with Gasteiger partial charge in [0.15, 0.2) is 6.54 Å². The molecule has 5 nitrogen and oxygen atoms in total. The van der Waals surface area contributed by atoms with Gasteiger partial charge in [0.05, 0.1) is 17.8 Å². The van der Waals surface area contributed by atoms with E-state index in [1.807, 2.05) is 24.3 Å². The molecule has 4 aliphatic carbocycles. The first-order valence-electron chi connectivity index (χ1n) is 9.67. The first-order chi connectivity index (χ1) is 12.5. The van der Waals surface area contributed by atoms with Gasteiger partial charge >= 0.3 is 0 Å². The van der Waals surface area contributed by atoms with Gasteiger partial charge in [-0.2, -0.15) is 0 Å². The van der Waals surface area contributed by atoms with Gasteiger partial charge in [0, 0.05) is 23.7 Å². The summed E-state index contributed by atoms with van der Waals surface area (Å²) >= 11 is 3.40. The van der Waals surface area contributed by atoms with Crippen molar-refractivity contribution in [3.63, 3.8) is 0 Å². The quantitative estimate of drug-likeness (QED) is 0.658. The lowest BCUT2D eigenvalue weighted by Gasteiger charge is -2.54. The highest BCUT2D eigenvalue weighted by atomic mass is 79.9. The number of quaternary nitrogens is 1. The van der Waals surface area contributed by atoms with Crippen LogP contribution in [0.4, 0.5) is 5.69 Å². The van der Waals surface area contributed by atoms with Crippen LogP contribution >= 0.6 is 15.9 Å². The van der Waals surface area contributed by atoms with Gasteiger partial charge in [-0.1, -0.05) is 12.1 Å². The van der Waals surface area contributed by atoms with Gasteiger partial charge < -0.3 is 16.0 Å². The number of para-hydroxylation sites is 1. The minimum absolute atomic E-state index is 0.00881. The third kappa shape index (κ3) is 3.96. The summed E-state index contributed by atoms with van der Waals surface area (Å²) in [6.45, 7) is 0.434. The normalized spacial score (nSPS) is 31.7. The van der Waals surface area contributed by atoms with Crippen molar-refractivity contribution in [3.8, 4) is 0 Å². The van der Waals surface area contributed by atoms with Gasteiger partial charge in [-0.15, -0.1) is 0 Å². The Morgan fingerprint density at radius 1 is 1.04 bits per heavy atom. The highest BCUT2D eigenvalue weighted by molar-refractivity contribution is 9.10. The maximum Gasteiger partial charge on any atom is 0.275 e. The summed E-state index contributed by atoms with van der Waals surface area (Å²) in [5, 5.41) is 7.84.